The number of alkyl halides is 3. The Hall–Kier alpha value is -4.40. The van der Waals surface area contributed by atoms with E-state index in [1.165, 1.54) is 4.90 Å². The number of methoxy groups -OCH3 is 1. The van der Waals surface area contributed by atoms with Gasteiger partial charge in [-0.15, -0.1) is 0 Å². The quantitative estimate of drug-likeness (QED) is 0.254. The predicted molar refractivity (Wildman–Crippen MR) is 156 cm³/mol. The van der Waals surface area contributed by atoms with Gasteiger partial charge in [0.05, 0.1) is 12.6 Å². The van der Waals surface area contributed by atoms with E-state index in [1.807, 2.05) is 59.5 Å². The van der Waals surface area contributed by atoms with Crippen molar-refractivity contribution in [2.45, 2.75) is 38.5 Å². The van der Waals surface area contributed by atoms with E-state index in [-0.39, 0.29) is 12.1 Å². The van der Waals surface area contributed by atoms with Crippen molar-refractivity contribution in [3.8, 4) is 28.0 Å². The van der Waals surface area contributed by atoms with Crippen LogP contribution < -0.4 is 9.64 Å². The van der Waals surface area contributed by atoms with Gasteiger partial charge in [-0.05, 0) is 43.2 Å². The fraction of sp³-hybridized carbons (Fsp3) is 0.281. The number of piperazine rings is 1. The lowest BCUT2D eigenvalue weighted by atomic mass is 9.98. The summed E-state index contributed by atoms with van der Waals surface area (Å²) in [7, 11) is 1.63. The number of anilines is 1. The number of aromatic nitrogens is 2. The van der Waals surface area contributed by atoms with Crippen LogP contribution in [-0.2, 0) is 4.79 Å². The fourth-order valence-electron chi connectivity index (χ4n) is 5.65. The number of carbonyl (C=O) groups is 1. The van der Waals surface area contributed by atoms with Crippen LogP contribution in [0.3, 0.4) is 0 Å². The van der Waals surface area contributed by atoms with Crippen molar-refractivity contribution in [3.05, 3.63) is 79.1 Å². The minimum absolute atomic E-state index is 0.387. The normalized spacial score (nSPS) is 17.5. The molecule has 6 nitrogen and oxygen atoms in total. The van der Waals surface area contributed by atoms with Crippen molar-refractivity contribution in [3.63, 3.8) is 0 Å². The monoisotopic (exact) mass is 560 g/mol. The molecule has 5 rings (SSSR count). The minimum Gasteiger partial charge on any atom is -0.495 e. The van der Waals surface area contributed by atoms with Gasteiger partial charge in [-0.25, -0.2) is 4.98 Å². The van der Waals surface area contributed by atoms with Gasteiger partial charge in [0, 0.05) is 59.6 Å². The fourth-order valence-corrected chi connectivity index (χ4v) is 5.65. The maximum absolute atomic E-state index is 12.8. The Morgan fingerprint density at radius 1 is 0.976 bits per heavy atom. The van der Waals surface area contributed by atoms with Gasteiger partial charge in [0.25, 0.3) is 0 Å². The lowest BCUT2D eigenvalue weighted by Crippen LogP contribution is -2.59. The first-order valence-electron chi connectivity index (χ1n) is 13.4. The molecule has 0 N–H and O–H groups in total. The molecule has 212 valence electrons. The largest absolute Gasteiger partial charge is 0.495 e. The molecule has 0 spiro atoms. The number of benzene rings is 2. The average Bonchev–Trinajstić information content (AvgIpc) is 2.95. The highest BCUT2D eigenvalue weighted by molar-refractivity contribution is 6.00. The molecule has 1 aliphatic rings. The summed E-state index contributed by atoms with van der Waals surface area (Å²) in [6.45, 7) is 8.12. The molecule has 2 aromatic carbocycles. The van der Waals surface area contributed by atoms with Crippen molar-refractivity contribution in [1.29, 1.82) is 0 Å². The highest BCUT2D eigenvalue weighted by Gasteiger charge is 2.39. The Kier molecular flexibility index (Phi) is 7.71. The molecule has 0 aliphatic carbocycles. The molecule has 9 heteroatoms. The summed E-state index contributed by atoms with van der Waals surface area (Å²) in [5.74, 6) is 0.481. The van der Waals surface area contributed by atoms with Crippen LogP contribution in [0.25, 0.3) is 39.2 Å². The second-order valence-electron chi connectivity index (χ2n) is 10.3. The second kappa shape index (κ2) is 11.2. The third-order valence-electron chi connectivity index (χ3n) is 7.45. The number of para-hydroxylation sites is 1. The summed E-state index contributed by atoms with van der Waals surface area (Å²) in [5.41, 5.74) is 5.51. The van der Waals surface area contributed by atoms with E-state index in [4.69, 9.17) is 9.72 Å². The van der Waals surface area contributed by atoms with Gasteiger partial charge < -0.3 is 14.5 Å². The Bertz CT molecular complexity index is 1560. The molecule has 3 heterocycles. The third kappa shape index (κ3) is 5.75. The highest BCUT2D eigenvalue weighted by Crippen LogP contribution is 2.39. The number of nitrogens with zero attached hydrogens (tertiary/aromatic N) is 4. The second-order valence-corrected chi connectivity index (χ2v) is 10.3. The summed E-state index contributed by atoms with van der Waals surface area (Å²) in [4.78, 5) is 25.1. The number of fused-ring (bicyclic) bond motifs is 1. The molecule has 41 heavy (non-hydrogen) atoms. The highest BCUT2D eigenvalue weighted by atomic mass is 19.4. The molecule has 2 unspecified atom stereocenters. The Balaban J connectivity index is 1.40. The van der Waals surface area contributed by atoms with E-state index in [0.29, 0.717) is 24.7 Å². The summed E-state index contributed by atoms with van der Waals surface area (Å²) in [6.07, 6.45) is -0.633. The number of amides is 1. The summed E-state index contributed by atoms with van der Waals surface area (Å²) >= 11 is 0. The average molecular weight is 561 g/mol. The van der Waals surface area contributed by atoms with Crippen LogP contribution in [0.1, 0.15) is 25.8 Å². The maximum Gasteiger partial charge on any atom is 0.397 e. The van der Waals surface area contributed by atoms with E-state index in [1.54, 1.807) is 39.4 Å². The number of hydrogen-bond donors (Lipinski definition) is 0. The van der Waals surface area contributed by atoms with E-state index in [2.05, 4.69) is 11.6 Å². The molecular formula is C32H31F3N4O2. The first kappa shape index (κ1) is 28.1. The lowest BCUT2D eigenvalue weighted by molar-refractivity contribution is -0.164. The van der Waals surface area contributed by atoms with Crippen LogP contribution in [0.5, 0.6) is 5.75 Å². The molecular weight excluding hydrogens is 529 g/mol. The molecule has 0 radical (unpaired) electrons. The van der Waals surface area contributed by atoms with Crippen LogP contribution in [-0.4, -0.2) is 59.2 Å². The number of hydrogen-bond acceptors (Lipinski definition) is 5. The topological polar surface area (TPSA) is 58.6 Å². The molecule has 2 aromatic heterocycles. The van der Waals surface area contributed by atoms with Crippen molar-refractivity contribution in [1.82, 2.24) is 14.9 Å². The summed E-state index contributed by atoms with van der Waals surface area (Å²) in [6, 6.07) is 17.2. The lowest BCUT2D eigenvalue weighted by Gasteiger charge is -2.45. The van der Waals surface area contributed by atoms with Crippen LogP contribution >= 0.6 is 0 Å². The minimum atomic E-state index is -4.53. The van der Waals surface area contributed by atoms with Crippen LogP contribution in [0.2, 0.25) is 0 Å². The van der Waals surface area contributed by atoms with Gasteiger partial charge in [-0.2, -0.15) is 13.2 Å². The molecule has 1 fully saturated rings. The molecule has 4 aromatic rings. The summed E-state index contributed by atoms with van der Waals surface area (Å²) < 4.78 is 44.3. The van der Waals surface area contributed by atoms with Crippen LogP contribution in [0, 0.1) is 0 Å². The van der Waals surface area contributed by atoms with Crippen LogP contribution in [0.4, 0.5) is 19.0 Å². The van der Waals surface area contributed by atoms with Crippen molar-refractivity contribution < 1.29 is 22.7 Å². The number of rotatable bonds is 6. The van der Waals surface area contributed by atoms with Gasteiger partial charge in [-0.3, -0.25) is 9.78 Å². The zero-order chi connectivity index (χ0) is 29.3. The van der Waals surface area contributed by atoms with Crippen LogP contribution in [0.15, 0.2) is 73.6 Å². The van der Waals surface area contributed by atoms with Crippen molar-refractivity contribution >= 4 is 28.7 Å². The molecule has 1 aliphatic heterocycles. The number of pyridine rings is 2. The third-order valence-corrected chi connectivity index (χ3v) is 7.45. The molecule has 0 saturated carbocycles. The van der Waals surface area contributed by atoms with Crippen molar-refractivity contribution in [2.24, 2.45) is 0 Å². The Labute approximate surface area is 237 Å². The van der Waals surface area contributed by atoms with E-state index < -0.39 is 18.5 Å². The SMILES string of the molecule is C=Cc1ccc(-c2cccc3c(OC)c(-c4ccc(N5CC(C)N(C(=O)CC(F)(F)F)C(C)C5)nc4)cnc23)cc1. The smallest absolute Gasteiger partial charge is 0.397 e. The van der Waals surface area contributed by atoms with Gasteiger partial charge in [0.2, 0.25) is 5.91 Å². The molecule has 1 amide bonds. The zero-order valence-electron chi connectivity index (χ0n) is 23.2. The Morgan fingerprint density at radius 3 is 2.24 bits per heavy atom. The standard InChI is InChI=1S/C32H31F3N4O2/c1-5-22-9-11-23(12-10-22)25-7-6-8-26-30(25)37-17-27(31(26)41-4)24-13-14-28(36-16-24)38-18-20(2)39(21(3)19-38)29(40)15-32(33,34)35/h5-14,16-17,20-21H,1,15,18-19H2,2-4H3. The number of carbonyl (C=O) groups excluding carboxylic acids is 1. The Morgan fingerprint density at radius 2 is 1.66 bits per heavy atom. The van der Waals surface area contributed by atoms with Gasteiger partial charge >= 0.3 is 6.18 Å². The van der Waals surface area contributed by atoms with E-state index >= 15 is 0 Å². The number of ether oxygens (including phenoxy) is 1. The van der Waals surface area contributed by atoms with E-state index in [0.717, 1.165) is 38.7 Å². The van der Waals surface area contributed by atoms with E-state index in [9.17, 15) is 18.0 Å². The van der Waals surface area contributed by atoms with Gasteiger partial charge in [0.15, 0.2) is 0 Å². The molecule has 2 atom stereocenters. The van der Waals surface area contributed by atoms with Crippen molar-refractivity contribution in [2.75, 3.05) is 25.1 Å². The predicted octanol–water partition coefficient (Wildman–Crippen LogP) is 6.99. The first-order valence-corrected chi connectivity index (χ1v) is 13.4. The summed E-state index contributed by atoms with van der Waals surface area (Å²) in [5, 5.41) is 0.877. The molecule has 1 saturated heterocycles. The van der Waals surface area contributed by atoms with Gasteiger partial charge in [0.1, 0.15) is 18.0 Å². The number of halogens is 3. The molecule has 0 bridgehead atoms. The van der Waals surface area contributed by atoms with Gasteiger partial charge in [-0.1, -0.05) is 49.1 Å². The first-order chi connectivity index (χ1) is 19.6. The zero-order valence-corrected chi connectivity index (χ0v) is 23.2. The maximum atomic E-state index is 12.8.